The Morgan fingerprint density at radius 3 is 2.59 bits per heavy atom. The quantitative estimate of drug-likeness (QED) is 0.754. The van der Waals surface area contributed by atoms with Crippen LogP contribution in [0, 0.1) is 0 Å². The van der Waals surface area contributed by atoms with Gasteiger partial charge in [-0.25, -0.2) is 13.2 Å². The molecule has 0 radical (unpaired) electrons. The van der Waals surface area contributed by atoms with Crippen molar-refractivity contribution in [3.8, 4) is 0 Å². The van der Waals surface area contributed by atoms with E-state index in [-0.39, 0.29) is 11.8 Å². The van der Waals surface area contributed by atoms with Gasteiger partial charge in [-0.2, -0.15) is 0 Å². The number of nitrogens with zero attached hydrogens (tertiary/aromatic N) is 1. The maximum atomic E-state index is 11.8. The zero-order valence-corrected chi connectivity index (χ0v) is 13.3. The Bertz CT molecular complexity index is 613. The van der Waals surface area contributed by atoms with E-state index in [0.29, 0.717) is 37.3 Å². The van der Waals surface area contributed by atoms with E-state index in [2.05, 4.69) is 10.6 Å². The Hall–Kier alpha value is -1.80. The molecule has 3 N–H and O–H groups in total. The highest BCUT2D eigenvalue weighted by Gasteiger charge is 2.28. The van der Waals surface area contributed by atoms with E-state index in [1.807, 2.05) is 0 Å². The van der Waals surface area contributed by atoms with Gasteiger partial charge in [0.15, 0.2) is 0 Å². The Kier molecular flexibility index (Phi) is 5.25. The van der Waals surface area contributed by atoms with Crippen LogP contribution in [0.2, 0.25) is 0 Å². The van der Waals surface area contributed by atoms with Crippen LogP contribution in [0.5, 0.6) is 0 Å². The lowest BCUT2D eigenvalue weighted by Crippen LogP contribution is -2.31. The fraction of sp³-hybridized carbons (Fsp3) is 0.500. The zero-order chi connectivity index (χ0) is 16.2. The summed E-state index contributed by atoms with van der Waals surface area (Å²) in [4.78, 5) is 11.6. The molecule has 1 saturated heterocycles. The number of nitrogens with one attached hydrogen (secondary N) is 2. The lowest BCUT2D eigenvalue weighted by atomic mass is 10.2. The predicted octanol–water partition coefficient (Wildman–Crippen LogP) is 1.12. The number of anilines is 2. The first-order valence-corrected chi connectivity index (χ1v) is 8.83. The Morgan fingerprint density at radius 1 is 1.36 bits per heavy atom. The van der Waals surface area contributed by atoms with Crippen molar-refractivity contribution in [3.63, 3.8) is 0 Å². The number of sulfonamides is 1. The average molecular weight is 327 g/mol. The van der Waals surface area contributed by atoms with Crippen LogP contribution in [-0.2, 0) is 10.0 Å². The average Bonchev–Trinajstić information content (AvgIpc) is 2.79. The van der Waals surface area contributed by atoms with Crippen molar-refractivity contribution in [1.82, 2.24) is 5.32 Å². The minimum atomic E-state index is -3.19. The maximum absolute atomic E-state index is 11.8. The molecule has 2 amide bonds. The number of rotatable bonds is 5. The van der Waals surface area contributed by atoms with Gasteiger partial charge >= 0.3 is 6.03 Å². The predicted molar refractivity (Wildman–Crippen MR) is 85.5 cm³/mol. The van der Waals surface area contributed by atoms with E-state index >= 15 is 0 Å². The van der Waals surface area contributed by atoms with E-state index in [1.165, 1.54) is 4.31 Å². The number of hydrogen-bond acceptors (Lipinski definition) is 4. The maximum Gasteiger partial charge on any atom is 0.319 e. The second kappa shape index (κ2) is 6.97. The number of amides is 2. The highest BCUT2D eigenvalue weighted by atomic mass is 32.2. The number of urea groups is 1. The molecule has 2 rings (SSSR count). The minimum Gasteiger partial charge on any atom is -0.393 e. The van der Waals surface area contributed by atoms with Crippen molar-refractivity contribution in [2.45, 2.75) is 25.9 Å². The molecule has 122 valence electrons. The van der Waals surface area contributed by atoms with Crippen molar-refractivity contribution < 1.29 is 18.3 Å². The Morgan fingerprint density at radius 2 is 2.05 bits per heavy atom. The molecule has 0 unspecified atom stereocenters. The summed E-state index contributed by atoms with van der Waals surface area (Å²) in [6.07, 6.45) is 0.662. The summed E-state index contributed by atoms with van der Waals surface area (Å²) < 4.78 is 25.0. The van der Waals surface area contributed by atoms with E-state index in [0.717, 1.165) is 0 Å². The third-order valence-electron chi connectivity index (χ3n) is 3.36. The second-order valence-corrected chi connectivity index (χ2v) is 7.32. The lowest BCUT2D eigenvalue weighted by Gasteiger charge is -2.17. The van der Waals surface area contributed by atoms with Crippen LogP contribution in [0.1, 0.15) is 19.8 Å². The van der Waals surface area contributed by atoms with Gasteiger partial charge in [-0.05, 0) is 44.0 Å². The molecular formula is C14H21N3O4S. The van der Waals surface area contributed by atoms with Crippen molar-refractivity contribution in [3.05, 3.63) is 24.3 Å². The van der Waals surface area contributed by atoms with Gasteiger partial charge in [0.1, 0.15) is 0 Å². The van der Waals surface area contributed by atoms with Crippen LogP contribution in [0.25, 0.3) is 0 Å². The number of benzene rings is 1. The van der Waals surface area contributed by atoms with Crippen LogP contribution in [0.15, 0.2) is 24.3 Å². The van der Waals surface area contributed by atoms with Crippen LogP contribution >= 0.6 is 0 Å². The third-order valence-corrected chi connectivity index (χ3v) is 5.23. The Labute approximate surface area is 130 Å². The normalized spacial score (nSPS) is 18.0. The van der Waals surface area contributed by atoms with Crippen LogP contribution in [0.4, 0.5) is 16.2 Å². The fourth-order valence-corrected chi connectivity index (χ4v) is 3.77. The lowest BCUT2D eigenvalue weighted by molar-refractivity contribution is 0.184. The van der Waals surface area contributed by atoms with E-state index in [1.54, 1.807) is 31.2 Å². The molecule has 0 spiro atoms. The summed E-state index contributed by atoms with van der Waals surface area (Å²) in [5, 5.41) is 14.4. The van der Waals surface area contributed by atoms with Gasteiger partial charge in [0.25, 0.3) is 0 Å². The first-order chi connectivity index (χ1) is 10.4. The van der Waals surface area contributed by atoms with E-state index < -0.39 is 16.1 Å². The number of aliphatic hydroxyl groups excluding tert-OH is 1. The minimum absolute atomic E-state index is 0.179. The van der Waals surface area contributed by atoms with Crippen molar-refractivity contribution >= 4 is 27.4 Å². The van der Waals surface area contributed by atoms with Gasteiger partial charge in [0.2, 0.25) is 10.0 Å². The Balaban J connectivity index is 1.91. The molecule has 1 aliphatic rings. The summed E-state index contributed by atoms with van der Waals surface area (Å²) in [6.45, 7) is 2.53. The molecule has 1 heterocycles. The van der Waals surface area contributed by atoms with Gasteiger partial charge in [-0.15, -0.1) is 0 Å². The molecule has 0 saturated carbocycles. The van der Waals surface area contributed by atoms with E-state index in [9.17, 15) is 13.2 Å². The molecule has 1 fully saturated rings. The molecule has 8 heteroatoms. The number of carbonyl (C=O) groups excluding carboxylic acids is 1. The third kappa shape index (κ3) is 4.35. The second-order valence-electron chi connectivity index (χ2n) is 5.31. The molecular weight excluding hydrogens is 306 g/mol. The fourth-order valence-electron chi connectivity index (χ4n) is 2.21. The number of hydrogen-bond donors (Lipinski definition) is 3. The van der Waals surface area contributed by atoms with Crippen molar-refractivity contribution in [2.75, 3.05) is 28.5 Å². The van der Waals surface area contributed by atoms with Crippen LogP contribution < -0.4 is 14.9 Å². The highest BCUT2D eigenvalue weighted by molar-refractivity contribution is 7.93. The SMILES string of the molecule is C[C@H](O)CCNC(=O)Nc1ccc(N2CCCS2(=O)=O)cc1. The van der Waals surface area contributed by atoms with Gasteiger partial charge in [-0.3, -0.25) is 4.31 Å². The first-order valence-electron chi connectivity index (χ1n) is 7.22. The molecule has 1 atom stereocenters. The first kappa shape index (κ1) is 16.6. The van der Waals surface area contributed by atoms with Gasteiger partial charge < -0.3 is 15.7 Å². The standard InChI is InChI=1S/C14H21N3O4S/c1-11(18)7-8-15-14(19)16-12-3-5-13(6-4-12)17-9-2-10-22(17,20)21/h3-6,11,18H,2,7-10H2,1H3,(H2,15,16,19)/t11-/m0/s1. The molecule has 1 aromatic carbocycles. The van der Waals surface area contributed by atoms with Gasteiger partial charge in [-0.1, -0.05) is 0 Å². The molecule has 1 aromatic rings. The monoisotopic (exact) mass is 327 g/mol. The number of aliphatic hydroxyl groups is 1. The molecule has 0 aliphatic carbocycles. The van der Waals surface area contributed by atoms with E-state index in [4.69, 9.17) is 5.11 Å². The molecule has 1 aliphatic heterocycles. The summed E-state index contributed by atoms with van der Waals surface area (Å²) in [7, 11) is -3.19. The van der Waals surface area contributed by atoms with Crippen molar-refractivity contribution in [1.29, 1.82) is 0 Å². The summed E-state index contributed by atoms with van der Waals surface area (Å²) in [6, 6.07) is 6.32. The van der Waals surface area contributed by atoms with Gasteiger partial charge in [0.05, 0.1) is 17.5 Å². The number of carbonyl (C=O) groups is 1. The largest absolute Gasteiger partial charge is 0.393 e. The zero-order valence-electron chi connectivity index (χ0n) is 12.4. The summed E-state index contributed by atoms with van der Waals surface area (Å²) >= 11 is 0. The van der Waals surface area contributed by atoms with Crippen LogP contribution in [0.3, 0.4) is 0 Å². The molecule has 0 aromatic heterocycles. The van der Waals surface area contributed by atoms with Crippen LogP contribution in [-0.4, -0.2) is 44.5 Å². The molecule has 0 bridgehead atoms. The molecule has 22 heavy (non-hydrogen) atoms. The van der Waals surface area contributed by atoms with Crippen molar-refractivity contribution in [2.24, 2.45) is 0 Å². The van der Waals surface area contributed by atoms with Gasteiger partial charge in [0, 0.05) is 18.8 Å². The summed E-state index contributed by atoms with van der Waals surface area (Å²) in [5.41, 5.74) is 1.19. The summed E-state index contributed by atoms with van der Waals surface area (Å²) in [5.74, 6) is 0.179. The smallest absolute Gasteiger partial charge is 0.319 e. The highest BCUT2D eigenvalue weighted by Crippen LogP contribution is 2.25. The molecule has 7 nitrogen and oxygen atoms in total. The topological polar surface area (TPSA) is 98.7 Å².